The summed E-state index contributed by atoms with van der Waals surface area (Å²) in [6.45, 7) is 3.19. The Hall–Kier alpha value is -0.710. The minimum absolute atomic E-state index is 0.119. The molecule has 0 saturated heterocycles. The van der Waals surface area contributed by atoms with E-state index < -0.39 is 5.92 Å². The quantitative estimate of drug-likeness (QED) is 0.778. The SMILES string of the molecule is CCC1(CNC)CC2CCC(F)(F)CC2C1.NC=O. The Kier molecular flexibility index (Phi) is 5.71. The van der Waals surface area contributed by atoms with Crippen LogP contribution in [0.1, 0.15) is 45.4 Å². The fourth-order valence-electron chi connectivity index (χ4n) is 3.92. The average Bonchev–Trinajstić information content (AvgIpc) is 2.67. The van der Waals surface area contributed by atoms with E-state index in [9.17, 15) is 8.78 Å². The van der Waals surface area contributed by atoms with E-state index in [0.29, 0.717) is 11.3 Å². The first-order chi connectivity index (χ1) is 8.92. The van der Waals surface area contributed by atoms with Gasteiger partial charge in [-0.15, -0.1) is 0 Å². The van der Waals surface area contributed by atoms with Gasteiger partial charge in [0.2, 0.25) is 12.3 Å². The van der Waals surface area contributed by atoms with Gasteiger partial charge in [-0.05, 0) is 50.0 Å². The van der Waals surface area contributed by atoms with Crippen molar-refractivity contribution >= 4 is 6.41 Å². The average molecular weight is 276 g/mol. The van der Waals surface area contributed by atoms with Gasteiger partial charge in [-0.2, -0.15) is 0 Å². The van der Waals surface area contributed by atoms with Gasteiger partial charge >= 0.3 is 0 Å². The Morgan fingerprint density at radius 2 is 1.89 bits per heavy atom. The lowest BCUT2D eigenvalue weighted by Gasteiger charge is -2.31. The predicted octanol–water partition coefficient (Wildman–Crippen LogP) is 2.55. The zero-order chi connectivity index (χ0) is 14.5. The van der Waals surface area contributed by atoms with Crippen LogP contribution in [0.4, 0.5) is 8.78 Å². The molecule has 0 bridgehead atoms. The van der Waals surface area contributed by atoms with Gasteiger partial charge in [0.25, 0.3) is 0 Å². The topological polar surface area (TPSA) is 55.1 Å². The number of alkyl halides is 2. The van der Waals surface area contributed by atoms with Gasteiger partial charge in [-0.25, -0.2) is 8.78 Å². The first-order valence-corrected chi connectivity index (χ1v) is 7.10. The van der Waals surface area contributed by atoms with Gasteiger partial charge in [0.05, 0.1) is 0 Å². The molecule has 19 heavy (non-hydrogen) atoms. The van der Waals surface area contributed by atoms with Crippen LogP contribution in [0.25, 0.3) is 0 Å². The summed E-state index contributed by atoms with van der Waals surface area (Å²) in [5, 5.41) is 3.24. The third kappa shape index (κ3) is 4.13. The maximum absolute atomic E-state index is 13.4. The Morgan fingerprint density at radius 3 is 2.42 bits per heavy atom. The van der Waals surface area contributed by atoms with Crippen LogP contribution in [0.15, 0.2) is 0 Å². The molecule has 0 heterocycles. The van der Waals surface area contributed by atoms with Crippen molar-refractivity contribution in [3.05, 3.63) is 0 Å². The molecule has 0 aliphatic heterocycles. The molecule has 0 aromatic carbocycles. The zero-order valence-electron chi connectivity index (χ0n) is 11.9. The third-order valence-electron chi connectivity index (χ3n) is 4.80. The van der Waals surface area contributed by atoms with Gasteiger partial charge in [0, 0.05) is 19.4 Å². The smallest absolute Gasteiger partial charge is 0.248 e. The molecular weight excluding hydrogens is 250 g/mol. The summed E-state index contributed by atoms with van der Waals surface area (Å²) in [4.78, 5) is 8.58. The molecule has 0 spiro atoms. The van der Waals surface area contributed by atoms with Gasteiger partial charge in [-0.3, -0.25) is 4.79 Å². The van der Waals surface area contributed by atoms with Crippen LogP contribution in [0.5, 0.6) is 0 Å². The van der Waals surface area contributed by atoms with Crippen LogP contribution < -0.4 is 11.1 Å². The molecule has 112 valence electrons. The molecule has 3 nitrogen and oxygen atoms in total. The minimum Gasteiger partial charge on any atom is -0.372 e. The lowest BCUT2D eigenvalue weighted by atomic mass is 9.80. The summed E-state index contributed by atoms with van der Waals surface area (Å²) in [5.74, 6) is -1.55. The summed E-state index contributed by atoms with van der Waals surface area (Å²) >= 11 is 0. The van der Waals surface area contributed by atoms with Gasteiger partial charge in [-0.1, -0.05) is 6.92 Å². The van der Waals surface area contributed by atoms with Crippen LogP contribution in [0.3, 0.4) is 0 Å². The summed E-state index contributed by atoms with van der Waals surface area (Å²) in [6.07, 6.45) is 4.53. The van der Waals surface area contributed by atoms with E-state index >= 15 is 0 Å². The van der Waals surface area contributed by atoms with E-state index in [1.807, 2.05) is 7.05 Å². The highest BCUT2D eigenvalue weighted by Gasteiger charge is 2.50. The number of nitrogens with two attached hydrogens (primary N) is 1. The molecule has 5 heteroatoms. The normalized spacial score (nSPS) is 36.0. The molecule has 0 aromatic rings. The minimum atomic E-state index is -2.38. The lowest BCUT2D eigenvalue weighted by molar-refractivity contribution is -0.106. The fourth-order valence-corrected chi connectivity index (χ4v) is 3.92. The van der Waals surface area contributed by atoms with Crippen LogP contribution in [-0.2, 0) is 4.79 Å². The second-order valence-corrected chi connectivity index (χ2v) is 6.05. The summed E-state index contributed by atoms with van der Waals surface area (Å²) in [6, 6.07) is 0. The summed E-state index contributed by atoms with van der Waals surface area (Å²) in [5.41, 5.74) is 4.46. The lowest BCUT2D eigenvalue weighted by Crippen LogP contribution is -2.30. The molecule has 0 aromatic heterocycles. The van der Waals surface area contributed by atoms with E-state index in [1.54, 1.807) is 0 Å². The highest BCUT2D eigenvalue weighted by Crippen LogP contribution is 2.55. The van der Waals surface area contributed by atoms with E-state index in [4.69, 9.17) is 4.79 Å². The van der Waals surface area contributed by atoms with E-state index in [2.05, 4.69) is 18.0 Å². The fraction of sp³-hybridized carbons (Fsp3) is 0.929. The Morgan fingerprint density at radius 1 is 1.32 bits per heavy atom. The van der Waals surface area contributed by atoms with Crippen molar-refractivity contribution < 1.29 is 13.6 Å². The Balaban J connectivity index is 0.000000550. The number of rotatable bonds is 3. The number of nitrogens with one attached hydrogen (secondary N) is 1. The number of amides is 1. The van der Waals surface area contributed by atoms with Gasteiger partial charge < -0.3 is 11.1 Å². The second-order valence-electron chi connectivity index (χ2n) is 6.05. The van der Waals surface area contributed by atoms with Crippen LogP contribution in [-0.4, -0.2) is 25.9 Å². The largest absolute Gasteiger partial charge is 0.372 e. The first kappa shape index (κ1) is 16.3. The van der Waals surface area contributed by atoms with Gasteiger partial charge in [0.15, 0.2) is 0 Å². The van der Waals surface area contributed by atoms with E-state index in [-0.39, 0.29) is 25.2 Å². The van der Waals surface area contributed by atoms with Crippen molar-refractivity contribution in [1.82, 2.24) is 5.32 Å². The Labute approximate surface area is 114 Å². The highest BCUT2D eigenvalue weighted by molar-refractivity contribution is 5.42. The molecule has 3 unspecified atom stereocenters. The molecule has 2 saturated carbocycles. The number of halogens is 2. The number of carbonyl (C=O) groups excluding carboxylic acids is 1. The zero-order valence-corrected chi connectivity index (χ0v) is 11.9. The van der Waals surface area contributed by atoms with Crippen molar-refractivity contribution in [2.75, 3.05) is 13.6 Å². The van der Waals surface area contributed by atoms with Crippen molar-refractivity contribution in [2.45, 2.75) is 51.4 Å². The molecule has 3 atom stereocenters. The summed E-state index contributed by atoms with van der Waals surface area (Å²) in [7, 11) is 1.97. The predicted molar refractivity (Wildman–Crippen MR) is 71.9 cm³/mol. The molecule has 3 N–H and O–H groups in total. The number of carbonyl (C=O) groups is 1. The molecular formula is C14H26F2N2O. The molecule has 2 fully saturated rings. The van der Waals surface area contributed by atoms with Crippen LogP contribution in [0, 0.1) is 17.3 Å². The van der Waals surface area contributed by atoms with E-state index in [0.717, 1.165) is 32.2 Å². The maximum atomic E-state index is 13.4. The molecule has 0 radical (unpaired) electrons. The van der Waals surface area contributed by atoms with Crippen LogP contribution in [0.2, 0.25) is 0 Å². The molecule has 1 amide bonds. The van der Waals surface area contributed by atoms with Crippen molar-refractivity contribution in [3.8, 4) is 0 Å². The number of fused-ring (bicyclic) bond motifs is 1. The highest BCUT2D eigenvalue weighted by atomic mass is 19.3. The standard InChI is InChI=1S/C13H23F2N.CH3NO/c1-3-12(9-16-2)6-10-4-5-13(14,15)8-11(10)7-12;2-1-3/h10-11,16H,3-9H2,1-2H3;1H,(H2,2,3). The van der Waals surface area contributed by atoms with Crippen LogP contribution >= 0.6 is 0 Å². The van der Waals surface area contributed by atoms with Crippen molar-refractivity contribution in [2.24, 2.45) is 23.0 Å². The summed E-state index contributed by atoms with van der Waals surface area (Å²) < 4.78 is 26.7. The number of hydrogen-bond acceptors (Lipinski definition) is 2. The maximum Gasteiger partial charge on any atom is 0.248 e. The molecule has 2 rings (SSSR count). The number of primary amides is 1. The van der Waals surface area contributed by atoms with Crippen molar-refractivity contribution in [1.29, 1.82) is 0 Å². The Bertz CT molecular complexity index is 299. The third-order valence-corrected chi connectivity index (χ3v) is 4.80. The number of hydrogen-bond donors (Lipinski definition) is 2. The molecule has 2 aliphatic rings. The first-order valence-electron chi connectivity index (χ1n) is 7.10. The van der Waals surface area contributed by atoms with E-state index in [1.165, 1.54) is 0 Å². The van der Waals surface area contributed by atoms with Gasteiger partial charge in [0.1, 0.15) is 0 Å². The van der Waals surface area contributed by atoms with Crippen molar-refractivity contribution in [3.63, 3.8) is 0 Å². The molecule has 2 aliphatic carbocycles. The monoisotopic (exact) mass is 276 g/mol. The second kappa shape index (κ2) is 6.64.